The predicted molar refractivity (Wildman–Crippen MR) is 101 cm³/mol. The zero-order valence-corrected chi connectivity index (χ0v) is 14.9. The minimum absolute atomic E-state index is 0.231. The van der Waals surface area contributed by atoms with Crippen LogP contribution in [0.3, 0.4) is 0 Å². The fraction of sp³-hybridized carbons (Fsp3) is 0.200. The van der Waals surface area contributed by atoms with E-state index in [2.05, 4.69) is 50.7 Å². The molecule has 132 valence electrons. The van der Waals surface area contributed by atoms with Crippen molar-refractivity contribution in [3.63, 3.8) is 0 Å². The van der Waals surface area contributed by atoms with Crippen LogP contribution >= 0.6 is 0 Å². The van der Waals surface area contributed by atoms with Crippen molar-refractivity contribution < 1.29 is 4.79 Å². The van der Waals surface area contributed by atoms with Gasteiger partial charge in [0, 0.05) is 31.5 Å². The lowest BCUT2D eigenvalue weighted by molar-refractivity contribution is 0.0945. The number of nitrogens with zero attached hydrogens (tertiary/aromatic N) is 3. The summed E-state index contributed by atoms with van der Waals surface area (Å²) in [7, 11) is 0. The van der Waals surface area contributed by atoms with E-state index >= 15 is 0 Å². The van der Waals surface area contributed by atoms with E-state index in [1.807, 2.05) is 18.2 Å². The number of nitrogens with one attached hydrogen (secondary N) is 2. The van der Waals surface area contributed by atoms with E-state index < -0.39 is 0 Å². The van der Waals surface area contributed by atoms with Gasteiger partial charge in [0.05, 0.1) is 0 Å². The van der Waals surface area contributed by atoms with E-state index in [1.165, 1.54) is 5.56 Å². The summed E-state index contributed by atoms with van der Waals surface area (Å²) in [5.41, 5.74) is 3.69. The molecule has 0 aliphatic rings. The molecule has 0 saturated heterocycles. The number of carbonyl (C=O) groups excluding carboxylic acids is 1. The number of amides is 1. The number of aromatic nitrogens is 3. The second-order valence-electron chi connectivity index (χ2n) is 6.07. The van der Waals surface area contributed by atoms with Crippen LogP contribution in [0.5, 0.6) is 0 Å². The fourth-order valence-electron chi connectivity index (χ4n) is 2.56. The third kappa shape index (κ3) is 4.86. The van der Waals surface area contributed by atoms with Gasteiger partial charge in [0.25, 0.3) is 5.91 Å². The lowest BCUT2D eigenvalue weighted by atomic mass is 10.1. The van der Waals surface area contributed by atoms with Gasteiger partial charge < -0.3 is 10.6 Å². The molecule has 2 heterocycles. The van der Waals surface area contributed by atoms with Crippen LogP contribution in [0.4, 0.5) is 5.82 Å². The molecule has 26 heavy (non-hydrogen) atoms. The van der Waals surface area contributed by atoms with Gasteiger partial charge in [-0.3, -0.25) is 9.78 Å². The Labute approximate surface area is 152 Å². The van der Waals surface area contributed by atoms with Gasteiger partial charge in [0.2, 0.25) is 0 Å². The Morgan fingerprint density at radius 3 is 2.54 bits per heavy atom. The molecule has 0 unspecified atom stereocenters. The molecule has 3 aromatic rings. The number of anilines is 1. The molecule has 6 heteroatoms. The number of hydrogen-bond donors (Lipinski definition) is 2. The number of pyridine rings is 1. The third-order valence-electron chi connectivity index (χ3n) is 3.83. The maximum atomic E-state index is 12.4. The molecule has 0 atom stereocenters. The van der Waals surface area contributed by atoms with Gasteiger partial charge in [0.1, 0.15) is 17.3 Å². The molecule has 1 aromatic carbocycles. The molecule has 0 saturated carbocycles. The van der Waals surface area contributed by atoms with Crippen molar-refractivity contribution in [3.8, 4) is 0 Å². The highest BCUT2D eigenvalue weighted by Crippen LogP contribution is 2.10. The first-order valence-corrected chi connectivity index (χ1v) is 8.42. The zero-order chi connectivity index (χ0) is 18.4. The van der Waals surface area contributed by atoms with Crippen molar-refractivity contribution in [2.24, 2.45) is 0 Å². The molecule has 0 aliphatic heterocycles. The lowest BCUT2D eigenvalue weighted by Crippen LogP contribution is -2.24. The van der Waals surface area contributed by atoms with Gasteiger partial charge in [0.15, 0.2) is 0 Å². The molecule has 0 fully saturated rings. The first-order chi connectivity index (χ1) is 12.6. The number of rotatable bonds is 6. The quantitative estimate of drug-likeness (QED) is 0.716. The zero-order valence-electron chi connectivity index (χ0n) is 14.9. The molecule has 3 rings (SSSR count). The minimum atomic E-state index is -0.231. The molecule has 2 N–H and O–H groups in total. The van der Waals surface area contributed by atoms with Gasteiger partial charge in [-0.05, 0) is 37.1 Å². The van der Waals surface area contributed by atoms with Crippen LogP contribution in [0.1, 0.15) is 33.0 Å². The topological polar surface area (TPSA) is 79.8 Å². The highest BCUT2D eigenvalue weighted by Gasteiger charge is 2.10. The van der Waals surface area contributed by atoms with E-state index in [4.69, 9.17) is 0 Å². The Bertz CT molecular complexity index is 896. The largest absolute Gasteiger partial charge is 0.366 e. The summed E-state index contributed by atoms with van der Waals surface area (Å²) in [6, 6.07) is 13.6. The summed E-state index contributed by atoms with van der Waals surface area (Å²) < 4.78 is 0. The number of carbonyl (C=O) groups is 1. The summed E-state index contributed by atoms with van der Waals surface area (Å²) in [6.45, 7) is 4.90. The third-order valence-corrected chi connectivity index (χ3v) is 3.83. The molecule has 1 amide bonds. The summed E-state index contributed by atoms with van der Waals surface area (Å²) in [6.07, 6.45) is 3.40. The van der Waals surface area contributed by atoms with Crippen LogP contribution in [0, 0.1) is 13.8 Å². The Balaban J connectivity index is 1.65. The molecule has 0 bridgehead atoms. The lowest BCUT2D eigenvalue weighted by Gasteiger charge is -2.10. The highest BCUT2D eigenvalue weighted by molar-refractivity contribution is 5.92. The molecule has 0 spiro atoms. The first-order valence-electron chi connectivity index (χ1n) is 8.42. The van der Waals surface area contributed by atoms with E-state index in [-0.39, 0.29) is 5.91 Å². The average molecular weight is 347 g/mol. The van der Waals surface area contributed by atoms with Gasteiger partial charge in [-0.25, -0.2) is 9.97 Å². The molecule has 6 nitrogen and oxygen atoms in total. The van der Waals surface area contributed by atoms with Crippen LogP contribution in [0.15, 0.2) is 54.9 Å². The molecular formula is C20H21N5O. The van der Waals surface area contributed by atoms with Gasteiger partial charge >= 0.3 is 0 Å². The number of aryl methyl sites for hydroxylation is 2. The minimum Gasteiger partial charge on any atom is -0.366 e. The average Bonchev–Trinajstić information content (AvgIpc) is 2.65. The summed E-state index contributed by atoms with van der Waals surface area (Å²) in [5.74, 6) is 0.951. The summed E-state index contributed by atoms with van der Waals surface area (Å²) >= 11 is 0. The maximum Gasteiger partial charge on any atom is 0.270 e. The molecule has 0 radical (unpaired) electrons. The Kier molecular flexibility index (Phi) is 5.53. The number of benzene rings is 1. The van der Waals surface area contributed by atoms with Crippen molar-refractivity contribution in [1.29, 1.82) is 0 Å². The van der Waals surface area contributed by atoms with Gasteiger partial charge in [-0.1, -0.05) is 29.8 Å². The normalized spacial score (nSPS) is 10.4. The highest BCUT2D eigenvalue weighted by atomic mass is 16.1. The van der Waals surface area contributed by atoms with Crippen molar-refractivity contribution in [1.82, 2.24) is 20.3 Å². The predicted octanol–water partition coefficient (Wildman–Crippen LogP) is 3.03. The van der Waals surface area contributed by atoms with Crippen molar-refractivity contribution in [3.05, 3.63) is 83.1 Å². The van der Waals surface area contributed by atoms with E-state index in [9.17, 15) is 4.79 Å². The monoisotopic (exact) mass is 347 g/mol. The van der Waals surface area contributed by atoms with Crippen LogP contribution in [0.2, 0.25) is 0 Å². The fourth-order valence-corrected chi connectivity index (χ4v) is 2.56. The van der Waals surface area contributed by atoms with Crippen LogP contribution in [-0.2, 0) is 13.1 Å². The van der Waals surface area contributed by atoms with E-state index in [0.717, 1.165) is 11.1 Å². The second kappa shape index (κ2) is 8.20. The van der Waals surface area contributed by atoms with E-state index in [1.54, 1.807) is 25.4 Å². The molecular weight excluding hydrogens is 326 g/mol. The van der Waals surface area contributed by atoms with Crippen molar-refractivity contribution >= 4 is 11.7 Å². The Morgan fingerprint density at radius 1 is 0.962 bits per heavy atom. The Hall–Kier alpha value is -3.28. The number of hydrogen-bond acceptors (Lipinski definition) is 5. The molecule has 0 aliphatic carbocycles. The first kappa shape index (κ1) is 17.5. The second-order valence-corrected chi connectivity index (χ2v) is 6.07. The van der Waals surface area contributed by atoms with Gasteiger partial charge in [-0.15, -0.1) is 0 Å². The summed E-state index contributed by atoms with van der Waals surface area (Å²) in [5, 5.41) is 6.12. The van der Waals surface area contributed by atoms with Crippen molar-refractivity contribution in [2.45, 2.75) is 26.9 Å². The van der Waals surface area contributed by atoms with E-state index in [0.29, 0.717) is 30.4 Å². The van der Waals surface area contributed by atoms with Gasteiger partial charge in [-0.2, -0.15) is 0 Å². The van der Waals surface area contributed by atoms with Crippen molar-refractivity contribution in [2.75, 3.05) is 5.32 Å². The van der Waals surface area contributed by atoms with Crippen LogP contribution in [0.25, 0.3) is 0 Å². The molecule has 2 aromatic heterocycles. The van der Waals surface area contributed by atoms with Crippen LogP contribution < -0.4 is 10.6 Å². The van der Waals surface area contributed by atoms with Crippen LogP contribution in [-0.4, -0.2) is 20.9 Å². The Morgan fingerprint density at radius 2 is 1.77 bits per heavy atom. The maximum absolute atomic E-state index is 12.4. The standard InChI is InChI=1S/C20H21N5O/c1-14-4-3-5-17(10-14)13-22-19-11-18(24-15(2)25-19)20(26)23-12-16-6-8-21-9-7-16/h3-11H,12-13H2,1-2H3,(H,23,26)(H,22,24,25). The SMILES string of the molecule is Cc1cccc(CNc2cc(C(=O)NCc3ccncc3)nc(C)n2)c1. The summed E-state index contributed by atoms with van der Waals surface area (Å²) in [4.78, 5) is 25.0. The smallest absolute Gasteiger partial charge is 0.270 e.